The van der Waals surface area contributed by atoms with Gasteiger partial charge in [-0.1, -0.05) is 30.7 Å². The summed E-state index contributed by atoms with van der Waals surface area (Å²) in [6, 6.07) is 3.23. The number of hydrogen-bond donors (Lipinski definition) is 0. The van der Waals surface area contributed by atoms with Crippen molar-refractivity contribution in [3.63, 3.8) is 0 Å². The molecule has 0 aromatic heterocycles. The van der Waals surface area contributed by atoms with Crippen LogP contribution in [0.5, 0.6) is 11.5 Å². The summed E-state index contributed by atoms with van der Waals surface area (Å²) in [5.74, 6) is 0.866. The Morgan fingerprint density at radius 2 is 2.00 bits per heavy atom. The first-order valence-corrected chi connectivity index (χ1v) is 6.02. The van der Waals surface area contributed by atoms with Crippen LogP contribution in [0.2, 0.25) is 5.02 Å². The van der Waals surface area contributed by atoms with Gasteiger partial charge in [0.05, 0.1) is 19.2 Å². The van der Waals surface area contributed by atoms with Gasteiger partial charge in [-0.15, -0.1) is 0 Å². The Kier molecular flexibility index (Phi) is 5.23. The van der Waals surface area contributed by atoms with Crippen LogP contribution in [0, 0.1) is 0 Å². The van der Waals surface area contributed by atoms with Crippen molar-refractivity contribution in [2.75, 3.05) is 14.2 Å². The second-order valence-corrected chi connectivity index (χ2v) is 4.30. The minimum absolute atomic E-state index is 0.0234. The van der Waals surface area contributed by atoms with Gasteiger partial charge in [0.25, 0.3) is 0 Å². The maximum atomic E-state index is 12.0. The molecule has 1 aromatic rings. The molecule has 0 saturated carbocycles. The number of benzene rings is 1. The van der Waals surface area contributed by atoms with Crippen LogP contribution in [-0.2, 0) is 0 Å². The molecular weight excluding hydrogens is 252 g/mol. The Morgan fingerprint density at radius 3 is 2.50 bits per heavy atom. The van der Waals surface area contributed by atoms with Gasteiger partial charge in [-0.2, -0.15) is 0 Å². The van der Waals surface area contributed by atoms with Crippen molar-refractivity contribution in [3.05, 3.63) is 34.9 Å². The first-order valence-electron chi connectivity index (χ1n) is 5.64. The normalized spacial score (nSPS) is 10.0. The molecule has 4 heteroatoms. The molecule has 0 radical (unpaired) electrons. The lowest BCUT2D eigenvalue weighted by molar-refractivity contribution is 0.0992. The Balaban J connectivity index is 3.07. The van der Waals surface area contributed by atoms with E-state index in [0.717, 1.165) is 12.0 Å². The highest BCUT2D eigenvalue weighted by Gasteiger charge is 2.15. The summed E-state index contributed by atoms with van der Waals surface area (Å²) in [5, 5.41) is 0.363. The van der Waals surface area contributed by atoms with Gasteiger partial charge in [-0.05, 0) is 18.6 Å². The van der Waals surface area contributed by atoms with E-state index in [1.165, 1.54) is 14.2 Å². The summed E-state index contributed by atoms with van der Waals surface area (Å²) in [6.07, 6.45) is 1.11. The Labute approximate surface area is 112 Å². The largest absolute Gasteiger partial charge is 0.493 e. The number of rotatable bonds is 6. The van der Waals surface area contributed by atoms with Gasteiger partial charge in [0.1, 0.15) is 0 Å². The van der Waals surface area contributed by atoms with Crippen LogP contribution in [0.15, 0.2) is 24.3 Å². The van der Waals surface area contributed by atoms with Gasteiger partial charge in [0, 0.05) is 12.0 Å². The van der Waals surface area contributed by atoms with Crippen LogP contribution in [-0.4, -0.2) is 20.0 Å². The summed E-state index contributed by atoms with van der Waals surface area (Å²) in [6.45, 7) is 5.80. The summed E-state index contributed by atoms with van der Waals surface area (Å²) in [4.78, 5) is 12.0. The van der Waals surface area contributed by atoms with Crippen molar-refractivity contribution in [3.8, 4) is 11.5 Å². The van der Waals surface area contributed by atoms with E-state index in [4.69, 9.17) is 21.1 Å². The number of methoxy groups -OCH3 is 2. The zero-order valence-corrected chi connectivity index (χ0v) is 11.6. The third kappa shape index (κ3) is 3.26. The fourth-order valence-electron chi connectivity index (χ4n) is 1.53. The highest BCUT2D eigenvalue weighted by Crippen LogP contribution is 2.36. The summed E-state index contributed by atoms with van der Waals surface area (Å²) in [5.41, 5.74) is 1.40. The second kappa shape index (κ2) is 6.45. The van der Waals surface area contributed by atoms with E-state index in [1.807, 2.05) is 6.92 Å². The molecule has 0 fully saturated rings. The topological polar surface area (TPSA) is 35.5 Å². The first kappa shape index (κ1) is 14.6. The number of allylic oxidation sites excluding steroid dienone is 1. The molecule has 18 heavy (non-hydrogen) atoms. The number of ether oxygens (including phenoxy) is 2. The minimum Gasteiger partial charge on any atom is -0.493 e. The van der Waals surface area contributed by atoms with Gasteiger partial charge in [0.2, 0.25) is 0 Å². The SMILES string of the molecule is C=C(CC)CC(=O)c1cc(Cl)c(OC)c(OC)c1. The van der Waals surface area contributed by atoms with Crippen LogP contribution in [0.25, 0.3) is 0 Å². The van der Waals surface area contributed by atoms with Gasteiger partial charge < -0.3 is 9.47 Å². The number of carbonyl (C=O) groups is 1. The quantitative estimate of drug-likeness (QED) is 0.580. The standard InChI is InChI=1S/C14H17ClO3/c1-5-9(2)6-12(16)10-7-11(15)14(18-4)13(8-10)17-3/h7-8H,2,5-6H2,1,3-4H3. The van der Waals surface area contributed by atoms with Crippen LogP contribution < -0.4 is 9.47 Å². The molecule has 0 unspecified atom stereocenters. The predicted octanol–water partition coefficient (Wildman–Crippen LogP) is 3.90. The van der Waals surface area contributed by atoms with E-state index in [-0.39, 0.29) is 5.78 Å². The Bertz CT molecular complexity index is 466. The van der Waals surface area contributed by atoms with E-state index in [9.17, 15) is 4.79 Å². The lowest BCUT2D eigenvalue weighted by Gasteiger charge is -2.11. The molecule has 3 nitrogen and oxygen atoms in total. The van der Waals surface area contributed by atoms with Gasteiger partial charge in [0.15, 0.2) is 17.3 Å². The molecular formula is C14H17ClO3. The highest BCUT2D eigenvalue weighted by molar-refractivity contribution is 6.32. The average molecular weight is 269 g/mol. The molecule has 0 saturated heterocycles. The number of hydrogen-bond acceptors (Lipinski definition) is 3. The van der Waals surface area contributed by atoms with Gasteiger partial charge in [-0.25, -0.2) is 0 Å². The Morgan fingerprint density at radius 1 is 1.33 bits per heavy atom. The first-order chi connectivity index (χ1) is 8.53. The average Bonchev–Trinajstić information content (AvgIpc) is 2.37. The van der Waals surface area contributed by atoms with E-state index >= 15 is 0 Å². The van der Waals surface area contributed by atoms with Crippen molar-refractivity contribution < 1.29 is 14.3 Å². The number of halogens is 1. The van der Waals surface area contributed by atoms with Crippen molar-refractivity contribution >= 4 is 17.4 Å². The third-order valence-electron chi connectivity index (χ3n) is 2.67. The van der Waals surface area contributed by atoms with Gasteiger partial charge >= 0.3 is 0 Å². The summed E-state index contributed by atoms with van der Waals surface area (Å²) < 4.78 is 10.3. The van der Waals surface area contributed by atoms with Crippen LogP contribution in [0.1, 0.15) is 30.1 Å². The van der Waals surface area contributed by atoms with Crippen LogP contribution in [0.3, 0.4) is 0 Å². The molecule has 98 valence electrons. The smallest absolute Gasteiger partial charge is 0.179 e. The number of ketones is 1. The summed E-state index contributed by atoms with van der Waals surface area (Å²) in [7, 11) is 3.01. The lowest BCUT2D eigenvalue weighted by atomic mass is 10.0. The monoisotopic (exact) mass is 268 g/mol. The molecule has 0 aliphatic heterocycles. The molecule has 0 N–H and O–H groups in total. The molecule has 0 heterocycles. The zero-order chi connectivity index (χ0) is 13.7. The predicted molar refractivity (Wildman–Crippen MR) is 72.9 cm³/mol. The minimum atomic E-state index is -0.0234. The molecule has 0 bridgehead atoms. The fraction of sp³-hybridized carbons (Fsp3) is 0.357. The van der Waals surface area contributed by atoms with Crippen molar-refractivity contribution in [2.45, 2.75) is 19.8 Å². The lowest BCUT2D eigenvalue weighted by Crippen LogP contribution is -2.02. The van der Waals surface area contributed by atoms with Gasteiger partial charge in [-0.3, -0.25) is 4.79 Å². The highest BCUT2D eigenvalue weighted by atomic mass is 35.5. The zero-order valence-electron chi connectivity index (χ0n) is 10.9. The van der Waals surface area contributed by atoms with E-state index in [0.29, 0.717) is 28.5 Å². The van der Waals surface area contributed by atoms with Crippen molar-refractivity contribution in [1.29, 1.82) is 0 Å². The van der Waals surface area contributed by atoms with E-state index in [1.54, 1.807) is 12.1 Å². The molecule has 1 aromatic carbocycles. The third-order valence-corrected chi connectivity index (χ3v) is 2.95. The fourth-order valence-corrected chi connectivity index (χ4v) is 1.82. The maximum absolute atomic E-state index is 12.0. The number of carbonyl (C=O) groups excluding carboxylic acids is 1. The molecule has 0 aliphatic carbocycles. The molecule has 0 atom stereocenters. The van der Waals surface area contributed by atoms with E-state index in [2.05, 4.69) is 6.58 Å². The van der Waals surface area contributed by atoms with E-state index < -0.39 is 0 Å². The molecule has 1 rings (SSSR count). The summed E-state index contributed by atoms with van der Waals surface area (Å²) >= 11 is 6.05. The van der Waals surface area contributed by atoms with Crippen molar-refractivity contribution in [1.82, 2.24) is 0 Å². The second-order valence-electron chi connectivity index (χ2n) is 3.90. The number of Topliss-reactive ketones (excluding diaryl/α,β-unsaturated/α-hetero) is 1. The van der Waals surface area contributed by atoms with Crippen LogP contribution >= 0.6 is 11.6 Å². The Hall–Kier alpha value is -1.48. The molecule has 0 amide bonds. The maximum Gasteiger partial charge on any atom is 0.179 e. The van der Waals surface area contributed by atoms with Crippen LogP contribution in [0.4, 0.5) is 0 Å². The molecule has 0 spiro atoms. The molecule has 0 aliphatic rings. The van der Waals surface area contributed by atoms with Crippen molar-refractivity contribution in [2.24, 2.45) is 0 Å².